The normalized spacial score (nSPS) is 20.4. The topological polar surface area (TPSA) is 75.4 Å². The molecule has 0 aliphatic heterocycles. The van der Waals surface area contributed by atoms with Gasteiger partial charge >= 0.3 is 0 Å². The van der Waals surface area contributed by atoms with Crippen molar-refractivity contribution < 1.29 is 9.90 Å². The Balaban J connectivity index is 2.23. The minimum absolute atomic E-state index is 0.0604. The summed E-state index contributed by atoms with van der Waals surface area (Å²) < 4.78 is 0. The zero-order valence-electron chi connectivity index (χ0n) is 11.6. The average Bonchev–Trinajstić information content (AvgIpc) is 2.37. The van der Waals surface area contributed by atoms with E-state index in [0.29, 0.717) is 13.0 Å². The van der Waals surface area contributed by atoms with Gasteiger partial charge in [0.1, 0.15) is 0 Å². The molecule has 4 heteroatoms. The highest BCUT2D eigenvalue weighted by Gasteiger charge is 2.31. The van der Waals surface area contributed by atoms with Gasteiger partial charge in [0.2, 0.25) is 5.91 Å². The molecule has 0 aromatic heterocycles. The highest BCUT2D eigenvalue weighted by Crippen LogP contribution is 2.35. The molecule has 1 unspecified atom stereocenters. The maximum Gasteiger partial charge on any atom is 0.220 e. The first kappa shape index (κ1) is 15.4. The van der Waals surface area contributed by atoms with Crippen LogP contribution < -0.4 is 11.1 Å². The molecule has 4 N–H and O–H groups in total. The van der Waals surface area contributed by atoms with E-state index < -0.39 is 0 Å². The van der Waals surface area contributed by atoms with Crippen molar-refractivity contribution in [3.63, 3.8) is 0 Å². The summed E-state index contributed by atoms with van der Waals surface area (Å²) in [4.78, 5) is 11.7. The van der Waals surface area contributed by atoms with Crippen LogP contribution in [0, 0.1) is 5.41 Å². The predicted molar refractivity (Wildman–Crippen MR) is 73.1 cm³/mol. The second-order valence-electron chi connectivity index (χ2n) is 5.87. The van der Waals surface area contributed by atoms with E-state index >= 15 is 0 Å². The van der Waals surface area contributed by atoms with Crippen LogP contribution >= 0.6 is 0 Å². The zero-order chi connectivity index (χ0) is 13.4. The summed E-state index contributed by atoms with van der Waals surface area (Å²) in [6, 6.07) is 0.167. The molecule has 1 atom stereocenters. The highest BCUT2D eigenvalue weighted by molar-refractivity contribution is 5.75. The van der Waals surface area contributed by atoms with E-state index in [1.807, 2.05) is 6.92 Å². The van der Waals surface area contributed by atoms with E-state index in [1.165, 1.54) is 19.3 Å². The van der Waals surface area contributed by atoms with E-state index in [0.717, 1.165) is 25.7 Å². The maximum absolute atomic E-state index is 11.7. The number of hydrogen-bond acceptors (Lipinski definition) is 3. The molecule has 0 bridgehead atoms. The average molecular weight is 256 g/mol. The molecule has 1 saturated carbocycles. The number of aliphatic hydroxyl groups excluding tert-OH is 1. The second-order valence-corrected chi connectivity index (χ2v) is 5.87. The lowest BCUT2D eigenvalue weighted by Gasteiger charge is -2.35. The van der Waals surface area contributed by atoms with Gasteiger partial charge in [-0.1, -0.05) is 19.3 Å². The van der Waals surface area contributed by atoms with Crippen molar-refractivity contribution >= 4 is 5.91 Å². The van der Waals surface area contributed by atoms with Crippen molar-refractivity contribution in [1.29, 1.82) is 0 Å². The van der Waals surface area contributed by atoms with E-state index in [4.69, 9.17) is 5.73 Å². The smallest absolute Gasteiger partial charge is 0.220 e. The van der Waals surface area contributed by atoms with E-state index in [-0.39, 0.29) is 24.0 Å². The summed E-state index contributed by atoms with van der Waals surface area (Å²) in [5.41, 5.74) is 5.59. The Bertz CT molecular complexity index is 248. The Morgan fingerprint density at radius 2 is 2.06 bits per heavy atom. The number of rotatable bonds is 7. The van der Waals surface area contributed by atoms with Gasteiger partial charge in [0.25, 0.3) is 0 Å². The largest absolute Gasteiger partial charge is 0.396 e. The number of carbonyl (C=O) groups excluding carboxylic acids is 1. The molecule has 0 aromatic rings. The number of amides is 1. The number of nitrogens with one attached hydrogen (secondary N) is 1. The van der Waals surface area contributed by atoms with Crippen molar-refractivity contribution in [1.82, 2.24) is 5.32 Å². The van der Waals surface area contributed by atoms with Crippen molar-refractivity contribution in [2.24, 2.45) is 11.1 Å². The standard InChI is InChI=1S/C14H28N2O2/c1-12(15)6-5-7-13(18)16-10-14(11-17)8-3-2-4-9-14/h12,17H,2-11,15H2,1H3,(H,16,18). The lowest BCUT2D eigenvalue weighted by atomic mass is 9.74. The summed E-state index contributed by atoms with van der Waals surface area (Å²) in [5.74, 6) is 0.0917. The van der Waals surface area contributed by atoms with E-state index in [9.17, 15) is 9.90 Å². The Morgan fingerprint density at radius 3 is 2.61 bits per heavy atom. The molecule has 1 aliphatic rings. The molecule has 0 aromatic carbocycles. The van der Waals surface area contributed by atoms with Gasteiger partial charge in [0, 0.05) is 24.4 Å². The molecular formula is C14H28N2O2. The van der Waals surface area contributed by atoms with Crippen LogP contribution in [0.2, 0.25) is 0 Å². The van der Waals surface area contributed by atoms with Gasteiger partial charge in [0.15, 0.2) is 0 Å². The van der Waals surface area contributed by atoms with Crippen molar-refractivity contribution in [3.05, 3.63) is 0 Å². The first-order valence-corrected chi connectivity index (χ1v) is 7.21. The summed E-state index contributed by atoms with van der Waals surface area (Å²) in [6.45, 7) is 2.77. The molecule has 106 valence electrons. The number of hydrogen-bond donors (Lipinski definition) is 3. The third-order valence-corrected chi connectivity index (χ3v) is 3.97. The van der Waals surface area contributed by atoms with Crippen LogP contribution in [0.4, 0.5) is 0 Å². The SMILES string of the molecule is CC(N)CCCC(=O)NCC1(CO)CCCCC1. The van der Waals surface area contributed by atoms with Crippen LogP contribution in [0.5, 0.6) is 0 Å². The summed E-state index contributed by atoms with van der Waals surface area (Å²) >= 11 is 0. The minimum Gasteiger partial charge on any atom is -0.396 e. The molecule has 0 radical (unpaired) electrons. The molecule has 1 aliphatic carbocycles. The van der Waals surface area contributed by atoms with Crippen molar-refractivity contribution in [3.8, 4) is 0 Å². The maximum atomic E-state index is 11.7. The van der Waals surface area contributed by atoms with Crippen LogP contribution in [0.15, 0.2) is 0 Å². The van der Waals surface area contributed by atoms with Crippen LogP contribution in [0.1, 0.15) is 58.3 Å². The number of nitrogens with two attached hydrogens (primary N) is 1. The quantitative estimate of drug-likeness (QED) is 0.647. The highest BCUT2D eigenvalue weighted by atomic mass is 16.3. The minimum atomic E-state index is -0.0604. The molecular weight excluding hydrogens is 228 g/mol. The lowest BCUT2D eigenvalue weighted by molar-refractivity contribution is -0.122. The van der Waals surface area contributed by atoms with Crippen molar-refractivity contribution in [2.45, 2.75) is 64.3 Å². The summed E-state index contributed by atoms with van der Waals surface area (Å²) in [6.07, 6.45) is 7.93. The van der Waals surface area contributed by atoms with Crippen LogP contribution in [0.3, 0.4) is 0 Å². The summed E-state index contributed by atoms with van der Waals surface area (Å²) in [7, 11) is 0. The monoisotopic (exact) mass is 256 g/mol. The predicted octanol–water partition coefficient (Wildman–Crippen LogP) is 1.56. The van der Waals surface area contributed by atoms with Crippen LogP contribution in [-0.2, 0) is 4.79 Å². The Kier molecular flexibility index (Phi) is 6.65. The second kappa shape index (κ2) is 7.74. The number of aliphatic hydroxyl groups is 1. The van der Waals surface area contributed by atoms with E-state index in [2.05, 4.69) is 5.32 Å². The zero-order valence-corrected chi connectivity index (χ0v) is 11.6. The molecule has 1 rings (SSSR count). The molecule has 0 saturated heterocycles. The van der Waals surface area contributed by atoms with Gasteiger partial charge in [-0.2, -0.15) is 0 Å². The molecule has 1 amide bonds. The fourth-order valence-corrected chi connectivity index (χ4v) is 2.65. The molecule has 18 heavy (non-hydrogen) atoms. The first-order valence-electron chi connectivity index (χ1n) is 7.21. The van der Waals surface area contributed by atoms with Crippen molar-refractivity contribution in [2.75, 3.05) is 13.2 Å². The summed E-state index contributed by atoms with van der Waals surface area (Å²) in [5, 5.41) is 12.5. The lowest BCUT2D eigenvalue weighted by Crippen LogP contribution is -2.41. The van der Waals surface area contributed by atoms with Crippen LogP contribution in [0.25, 0.3) is 0 Å². The van der Waals surface area contributed by atoms with Gasteiger partial charge in [0.05, 0.1) is 6.61 Å². The Hall–Kier alpha value is -0.610. The van der Waals surface area contributed by atoms with Gasteiger partial charge in [-0.3, -0.25) is 4.79 Å². The Labute approximate surface area is 110 Å². The molecule has 1 fully saturated rings. The fourth-order valence-electron chi connectivity index (χ4n) is 2.65. The molecule has 4 nitrogen and oxygen atoms in total. The van der Waals surface area contributed by atoms with Gasteiger partial charge in [-0.25, -0.2) is 0 Å². The Morgan fingerprint density at radius 1 is 1.39 bits per heavy atom. The van der Waals surface area contributed by atoms with Gasteiger partial charge in [-0.15, -0.1) is 0 Å². The van der Waals surface area contributed by atoms with E-state index in [1.54, 1.807) is 0 Å². The fraction of sp³-hybridized carbons (Fsp3) is 0.929. The first-order chi connectivity index (χ1) is 8.58. The molecule has 0 heterocycles. The third kappa shape index (κ3) is 5.36. The number of carbonyl (C=O) groups is 1. The van der Waals surface area contributed by atoms with Crippen LogP contribution in [-0.4, -0.2) is 30.2 Å². The van der Waals surface area contributed by atoms with Gasteiger partial charge < -0.3 is 16.2 Å². The van der Waals surface area contributed by atoms with Gasteiger partial charge in [-0.05, 0) is 32.6 Å². The third-order valence-electron chi connectivity index (χ3n) is 3.97. The molecule has 0 spiro atoms.